The molecule has 0 radical (unpaired) electrons. The molecule has 1 N–H and O–H groups in total. The highest BCUT2D eigenvalue weighted by atomic mass is 32.1. The zero-order chi connectivity index (χ0) is 23.5. The van der Waals surface area contributed by atoms with Crippen molar-refractivity contribution in [3.8, 4) is 22.1 Å². The molecule has 1 aromatic carbocycles. The average Bonchev–Trinajstić information content (AvgIpc) is 3.43. The Morgan fingerprint density at radius 3 is 2.58 bits per heavy atom. The maximum Gasteiger partial charge on any atom is 0.267 e. The van der Waals surface area contributed by atoms with Gasteiger partial charge in [-0.2, -0.15) is 5.10 Å². The van der Waals surface area contributed by atoms with Gasteiger partial charge in [-0.3, -0.25) is 9.59 Å². The van der Waals surface area contributed by atoms with Gasteiger partial charge >= 0.3 is 0 Å². The topological polar surface area (TPSA) is 104 Å². The maximum atomic E-state index is 12.8. The molecule has 9 nitrogen and oxygen atoms in total. The van der Waals surface area contributed by atoms with Gasteiger partial charge in [-0.05, 0) is 57.2 Å². The number of aromatic nitrogens is 5. The fraction of sp³-hybridized carbons (Fsp3) is 0.261. The molecule has 0 spiro atoms. The van der Waals surface area contributed by atoms with Gasteiger partial charge in [-0.1, -0.05) is 0 Å². The lowest BCUT2D eigenvalue weighted by molar-refractivity contribution is -0.124. The highest BCUT2D eigenvalue weighted by molar-refractivity contribution is 7.13. The molecule has 170 valence electrons. The Labute approximate surface area is 194 Å². The van der Waals surface area contributed by atoms with Crippen molar-refractivity contribution in [3.05, 3.63) is 75.3 Å². The molecule has 10 heteroatoms. The van der Waals surface area contributed by atoms with Gasteiger partial charge in [0.2, 0.25) is 5.91 Å². The van der Waals surface area contributed by atoms with E-state index in [9.17, 15) is 9.59 Å². The van der Waals surface area contributed by atoms with Crippen molar-refractivity contribution in [1.82, 2.24) is 29.9 Å². The second-order valence-electron chi connectivity index (χ2n) is 7.58. The number of rotatable bonds is 7. The minimum atomic E-state index is -0.797. The quantitative estimate of drug-likeness (QED) is 0.451. The Balaban J connectivity index is 1.45. The van der Waals surface area contributed by atoms with Crippen molar-refractivity contribution in [3.63, 3.8) is 0 Å². The van der Waals surface area contributed by atoms with E-state index in [-0.39, 0.29) is 18.0 Å². The van der Waals surface area contributed by atoms with E-state index >= 15 is 0 Å². The molecule has 0 bridgehead atoms. The van der Waals surface area contributed by atoms with Crippen molar-refractivity contribution in [2.45, 2.75) is 33.4 Å². The van der Waals surface area contributed by atoms with Crippen LogP contribution in [-0.2, 0) is 11.3 Å². The Morgan fingerprint density at radius 2 is 1.91 bits per heavy atom. The van der Waals surface area contributed by atoms with Crippen LogP contribution in [0.5, 0.6) is 5.75 Å². The summed E-state index contributed by atoms with van der Waals surface area (Å²) in [6.07, 6.45) is 0. The molecule has 0 aliphatic carbocycles. The summed E-state index contributed by atoms with van der Waals surface area (Å²) in [5.74, 6) is 0.931. The number of thiazole rings is 1. The number of benzene rings is 1. The number of carbonyl (C=O) groups is 1. The molecule has 0 aliphatic heterocycles. The van der Waals surface area contributed by atoms with E-state index in [0.29, 0.717) is 5.82 Å². The van der Waals surface area contributed by atoms with Crippen molar-refractivity contribution < 1.29 is 9.53 Å². The van der Waals surface area contributed by atoms with Crippen LogP contribution in [-0.4, -0.2) is 37.6 Å². The van der Waals surface area contributed by atoms with Crippen LogP contribution in [0.4, 0.5) is 0 Å². The lowest BCUT2D eigenvalue weighted by Gasteiger charge is -2.15. The molecule has 0 saturated heterocycles. The summed E-state index contributed by atoms with van der Waals surface area (Å²) in [5.41, 5.74) is 3.08. The molecule has 1 amide bonds. The van der Waals surface area contributed by atoms with Crippen molar-refractivity contribution in [1.29, 1.82) is 0 Å². The third kappa shape index (κ3) is 4.85. The van der Waals surface area contributed by atoms with Crippen LogP contribution in [0, 0.1) is 13.8 Å². The monoisotopic (exact) mass is 464 g/mol. The number of nitrogens with one attached hydrogen (secondary N) is 1. The Kier molecular flexibility index (Phi) is 6.36. The first kappa shape index (κ1) is 22.4. The molecule has 3 aromatic heterocycles. The van der Waals surface area contributed by atoms with Gasteiger partial charge in [-0.25, -0.2) is 14.3 Å². The molecule has 4 aromatic rings. The number of hydrogen-bond donors (Lipinski definition) is 1. The largest absolute Gasteiger partial charge is 0.497 e. The fourth-order valence-corrected chi connectivity index (χ4v) is 4.18. The van der Waals surface area contributed by atoms with E-state index in [2.05, 4.69) is 20.5 Å². The lowest BCUT2D eigenvalue weighted by Crippen LogP contribution is -2.37. The summed E-state index contributed by atoms with van der Waals surface area (Å²) in [7, 11) is 1.62. The van der Waals surface area contributed by atoms with Crippen LogP contribution < -0.4 is 15.6 Å². The summed E-state index contributed by atoms with van der Waals surface area (Å²) in [6.45, 7) is 5.68. The molecule has 1 atom stereocenters. The van der Waals surface area contributed by atoms with E-state index in [1.165, 1.54) is 22.1 Å². The molecule has 0 fully saturated rings. The number of hydrogen-bond acceptors (Lipinski definition) is 7. The maximum absolute atomic E-state index is 12.8. The zero-order valence-electron chi connectivity index (χ0n) is 18.8. The molecule has 4 rings (SSSR count). The fourth-order valence-electron chi connectivity index (χ4n) is 3.36. The van der Waals surface area contributed by atoms with Crippen molar-refractivity contribution in [2.75, 3.05) is 7.11 Å². The van der Waals surface area contributed by atoms with Crippen LogP contribution in [0.15, 0.2) is 52.6 Å². The average molecular weight is 465 g/mol. The smallest absolute Gasteiger partial charge is 0.267 e. The van der Waals surface area contributed by atoms with Crippen LogP contribution in [0.25, 0.3) is 16.4 Å². The number of methoxy groups -OCH3 is 1. The molecule has 0 saturated carbocycles. The second-order valence-corrected chi connectivity index (χ2v) is 8.44. The minimum absolute atomic E-state index is 0.252. The Hall–Kier alpha value is -3.79. The molecule has 0 aliphatic rings. The van der Waals surface area contributed by atoms with Crippen LogP contribution in [0.3, 0.4) is 0 Å². The second kappa shape index (κ2) is 9.37. The minimum Gasteiger partial charge on any atom is -0.497 e. The van der Waals surface area contributed by atoms with Gasteiger partial charge in [0.25, 0.3) is 5.56 Å². The van der Waals surface area contributed by atoms with Gasteiger partial charge in [0.15, 0.2) is 5.82 Å². The first-order valence-corrected chi connectivity index (χ1v) is 11.2. The molecular formula is C23H24N6O3S. The van der Waals surface area contributed by atoms with Gasteiger partial charge < -0.3 is 10.1 Å². The number of carbonyl (C=O) groups excluding carboxylic acids is 1. The van der Waals surface area contributed by atoms with Crippen LogP contribution in [0.1, 0.15) is 30.0 Å². The molecule has 1 unspecified atom stereocenters. The van der Waals surface area contributed by atoms with Gasteiger partial charge in [0.1, 0.15) is 16.8 Å². The van der Waals surface area contributed by atoms with E-state index in [0.717, 1.165) is 33.4 Å². The predicted molar refractivity (Wildman–Crippen MR) is 126 cm³/mol. The number of aryl methyl sites for hydroxylation is 2. The van der Waals surface area contributed by atoms with E-state index in [1.54, 1.807) is 24.8 Å². The highest BCUT2D eigenvalue weighted by Crippen LogP contribution is 2.25. The number of ether oxygens (including phenoxy) is 1. The first-order valence-electron chi connectivity index (χ1n) is 10.4. The summed E-state index contributed by atoms with van der Waals surface area (Å²) >= 11 is 1.50. The van der Waals surface area contributed by atoms with E-state index < -0.39 is 6.04 Å². The summed E-state index contributed by atoms with van der Waals surface area (Å²) in [4.78, 5) is 29.7. The first-order chi connectivity index (χ1) is 15.9. The number of nitrogens with zero attached hydrogens (tertiary/aromatic N) is 5. The molecular weight excluding hydrogens is 440 g/mol. The van der Waals surface area contributed by atoms with Crippen molar-refractivity contribution >= 4 is 17.2 Å². The third-order valence-corrected chi connectivity index (χ3v) is 6.06. The standard InChI is InChI=1S/C23H24N6O3S/c1-14-11-15(2)28(26-14)20-9-10-21(30)29(27-20)16(3)22(31)24-12-18-13-33-23(25-18)17-5-7-19(32-4)8-6-17/h5-11,13,16H,12H2,1-4H3,(H,24,31). The van der Waals surface area contributed by atoms with Crippen LogP contribution in [0.2, 0.25) is 0 Å². The van der Waals surface area contributed by atoms with Crippen molar-refractivity contribution in [2.24, 2.45) is 0 Å². The van der Waals surface area contributed by atoms with E-state index in [1.807, 2.05) is 49.6 Å². The Morgan fingerprint density at radius 1 is 1.15 bits per heavy atom. The Bertz CT molecular complexity index is 1340. The predicted octanol–water partition coefficient (Wildman–Crippen LogP) is 3.06. The zero-order valence-corrected chi connectivity index (χ0v) is 19.6. The van der Waals surface area contributed by atoms with Gasteiger partial charge in [0, 0.05) is 22.7 Å². The lowest BCUT2D eigenvalue weighted by atomic mass is 10.2. The van der Waals surface area contributed by atoms with Gasteiger partial charge in [0.05, 0.1) is 25.0 Å². The highest BCUT2D eigenvalue weighted by Gasteiger charge is 2.19. The normalized spacial score (nSPS) is 11.9. The summed E-state index contributed by atoms with van der Waals surface area (Å²) < 4.78 is 8.00. The number of amides is 1. The third-order valence-electron chi connectivity index (χ3n) is 5.12. The summed E-state index contributed by atoms with van der Waals surface area (Å²) in [6, 6.07) is 11.8. The summed E-state index contributed by atoms with van der Waals surface area (Å²) in [5, 5.41) is 14.4. The SMILES string of the molecule is COc1ccc(-c2nc(CNC(=O)C(C)n3nc(-n4nc(C)cc4C)ccc3=O)cs2)cc1. The van der Waals surface area contributed by atoms with Crippen LogP contribution >= 0.6 is 11.3 Å². The molecule has 3 heterocycles. The van der Waals surface area contributed by atoms with Gasteiger partial charge in [-0.15, -0.1) is 16.4 Å². The van der Waals surface area contributed by atoms with E-state index in [4.69, 9.17) is 4.74 Å². The molecule has 33 heavy (non-hydrogen) atoms.